The Labute approximate surface area is 208 Å². The van der Waals surface area contributed by atoms with Crippen LogP contribution in [0.5, 0.6) is 5.75 Å². The molecule has 0 bridgehead atoms. The number of anilines is 1. The summed E-state index contributed by atoms with van der Waals surface area (Å²) >= 11 is 7.81. The van der Waals surface area contributed by atoms with Gasteiger partial charge < -0.3 is 24.4 Å². The van der Waals surface area contributed by atoms with Gasteiger partial charge >= 0.3 is 6.09 Å². The summed E-state index contributed by atoms with van der Waals surface area (Å²) in [5, 5.41) is 16.1. The number of hydrogen-bond donors (Lipinski definition) is 1. The van der Waals surface area contributed by atoms with Gasteiger partial charge in [0.1, 0.15) is 23.7 Å². The number of rotatable bonds is 7. The van der Waals surface area contributed by atoms with Crippen molar-refractivity contribution in [3.05, 3.63) is 34.7 Å². The Hall–Kier alpha value is -2.62. The zero-order chi connectivity index (χ0) is 24.3. The van der Waals surface area contributed by atoms with E-state index in [9.17, 15) is 4.79 Å². The van der Waals surface area contributed by atoms with Crippen LogP contribution in [-0.4, -0.2) is 66.2 Å². The lowest BCUT2D eigenvalue weighted by atomic mass is 10.1. The molecule has 0 spiro atoms. The Morgan fingerprint density at radius 2 is 2.09 bits per heavy atom. The molecule has 10 heteroatoms. The molecule has 0 aliphatic carbocycles. The first kappa shape index (κ1) is 24.5. The van der Waals surface area contributed by atoms with Crippen molar-refractivity contribution in [1.29, 1.82) is 0 Å². The lowest BCUT2D eigenvalue weighted by molar-refractivity contribution is 0.0293. The molecule has 2 aromatic heterocycles. The first-order valence-corrected chi connectivity index (χ1v) is 12.4. The number of hydrogen-bond acceptors (Lipinski definition) is 8. The van der Waals surface area contributed by atoms with Crippen LogP contribution < -0.4 is 10.1 Å². The number of nitrogens with zero attached hydrogens (tertiary/aromatic N) is 3. The molecule has 0 radical (unpaired) electrons. The Bertz CT molecular complexity index is 1160. The molecule has 1 aromatic carbocycles. The second-order valence-electron chi connectivity index (χ2n) is 9.10. The minimum Gasteiger partial charge on any atom is -0.490 e. The van der Waals surface area contributed by atoms with E-state index in [1.54, 1.807) is 29.4 Å². The third-order valence-electron chi connectivity index (χ3n) is 5.31. The van der Waals surface area contributed by atoms with Crippen molar-refractivity contribution in [3.63, 3.8) is 0 Å². The Morgan fingerprint density at radius 3 is 2.85 bits per heavy atom. The number of ether oxygens (including phenoxy) is 3. The van der Waals surface area contributed by atoms with E-state index in [0.29, 0.717) is 42.9 Å². The van der Waals surface area contributed by atoms with E-state index in [4.69, 9.17) is 25.8 Å². The number of carbonyl (C=O) groups excluding carboxylic acids is 1. The molecule has 182 valence electrons. The highest BCUT2D eigenvalue weighted by Crippen LogP contribution is 2.39. The number of likely N-dealkylation sites (tertiary alicyclic amines) is 1. The monoisotopic (exact) mass is 504 g/mol. The maximum Gasteiger partial charge on any atom is 0.410 e. The van der Waals surface area contributed by atoms with E-state index in [0.717, 1.165) is 27.8 Å². The molecule has 1 aliphatic heterocycles. The molecular weight excluding hydrogens is 476 g/mol. The largest absolute Gasteiger partial charge is 0.490 e. The van der Waals surface area contributed by atoms with Gasteiger partial charge in [0, 0.05) is 42.2 Å². The molecule has 4 rings (SSSR count). The summed E-state index contributed by atoms with van der Waals surface area (Å²) in [7, 11) is 1.63. The van der Waals surface area contributed by atoms with E-state index in [2.05, 4.69) is 15.5 Å². The second kappa shape index (κ2) is 10.3. The van der Waals surface area contributed by atoms with Crippen LogP contribution >= 0.6 is 22.9 Å². The van der Waals surface area contributed by atoms with Gasteiger partial charge in [-0.25, -0.2) is 4.79 Å². The van der Waals surface area contributed by atoms with Gasteiger partial charge in [-0.05, 0) is 56.8 Å². The van der Waals surface area contributed by atoms with Gasteiger partial charge in [-0.1, -0.05) is 11.6 Å². The molecule has 1 atom stereocenters. The van der Waals surface area contributed by atoms with Crippen LogP contribution in [0.2, 0.25) is 5.02 Å². The number of methoxy groups -OCH3 is 1. The first-order chi connectivity index (χ1) is 16.2. The molecule has 1 fully saturated rings. The summed E-state index contributed by atoms with van der Waals surface area (Å²) in [6, 6.07) is 7.60. The van der Waals surface area contributed by atoms with Gasteiger partial charge in [0.25, 0.3) is 0 Å². The molecule has 0 saturated carbocycles. The maximum absolute atomic E-state index is 12.4. The fourth-order valence-corrected chi connectivity index (χ4v) is 4.79. The Kier molecular flexibility index (Phi) is 7.45. The molecule has 1 saturated heterocycles. The van der Waals surface area contributed by atoms with Crippen molar-refractivity contribution in [2.75, 3.05) is 38.7 Å². The van der Waals surface area contributed by atoms with Crippen molar-refractivity contribution in [1.82, 2.24) is 15.1 Å². The standard InChI is InChI=1S/C24H29ClN4O4S/c1-24(2,3)33-23(30)29-9-7-16(14-29)26-22-21-18(8-12-34-21)20(27-28-22)17-6-5-15(25)13-19(17)32-11-10-31-4/h5-6,8,12-13,16H,7,9-11,14H2,1-4H3,(H,26,28)/t16-/m0/s1. The summed E-state index contributed by atoms with van der Waals surface area (Å²) in [5.74, 6) is 1.34. The molecule has 3 heterocycles. The zero-order valence-corrected chi connectivity index (χ0v) is 21.3. The number of aromatic nitrogens is 2. The summed E-state index contributed by atoms with van der Waals surface area (Å²) in [4.78, 5) is 14.1. The fraction of sp³-hybridized carbons (Fsp3) is 0.458. The summed E-state index contributed by atoms with van der Waals surface area (Å²) in [5.41, 5.74) is 1.04. The fourth-order valence-electron chi connectivity index (χ4n) is 3.78. The van der Waals surface area contributed by atoms with E-state index in [-0.39, 0.29) is 12.1 Å². The average molecular weight is 505 g/mol. The molecule has 1 aliphatic rings. The zero-order valence-electron chi connectivity index (χ0n) is 19.8. The second-order valence-corrected chi connectivity index (χ2v) is 10.5. The quantitative estimate of drug-likeness (QED) is 0.427. The van der Waals surface area contributed by atoms with Crippen LogP contribution in [0.1, 0.15) is 27.2 Å². The third kappa shape index (κ3) is 5.71. The van der Waals surface area contributed by atoms with E-state index in [1.165, 1.54) is 0 Å². The Morgan fingerprint density at radius 1 is 1.26 bits per heavy atom. The van der Waals surface area contributed by atoms with Gasteiger partial charge in [-0.2, -0.15) is 0 Å². The predicted molar refractivity (Wildman–Crippen MR) is 135 cm³/mol. The van der Waals surface area contributed by atoms with Gasteiger partial charge in [0.15, 0.2) is 5.82 Å². The predicted octanol–water partition coefficient (Wildman–Crippen LogP) is 5.46. The Balaban J connectivity index is 1.55. The van der Waals surface area contributed by atoms with Gasteiger partial charge in [0.05, 0.1) is 11.3 Å². The van der Waals surface area contributed by atoms with Crippen LogP contribution in [0.3, 0.4) is 0 Å². The lowest BCUT2D eigenvalue weighted by Crippen LogP contribution is -2.36. The summed E-state index contributed by atoms with van der Waals surface area (Å²) in [6.07, 6.45) is 0.521. The molecule has 3 aromatic rings. The maximum atomic E-state index is 12.4. The van der Waals surface area contributed by atoms with Crippen molar-refractivity contribution in [3.8, 4) is 17.0 Å². The van der Waals surface area contributed by atoms with Crippen molar-refractivity contribution >= 4 is 44.9 Å². The highest BCUT2D eigenvalue weighted by Gasteiger charge is 2.30. The highest BCUT2D eigenvalue weighted by atomic mass is 35.5. The lowest BCUT2D eigenvalue weighted by Gasteiger charge is -2.24. The number of fused-ring (bicyclic) bond motifs is 1. The van der Waals surface area contributed by atoms with Gasteiger partial charge in [-0.15, -0.1) is 21.5 Å². The molecule has 1 N–H and O–H groups in total. The van der Waals surface area contributed by atoms with Crippen LogP contribution in [0.4, 0.5) is 10.6 Å². The van der Waals surface area contributed by atoms with Crippen molar-refractivity contribution in [2.24, 2.45) is 0 Å². The number of benzene rings is 1. The number of amides is 1. The van der Waals surface area contributed by atoms with Crippen molar-refractivity contribution in [2.45, 2.75) is 38.8 Å². The third-order valence-corrected chi connectivity index (χ3v) is 6.47. The van der Waals surface area contributed by atoms with E-state index >= 15 is 0 Å². The van der Waals surface area contributed by atoms with E-state index in [1.807, 2.05) is 44.4 Å². The molecule has 0 unspecified atom stereocenters. The summed E-state index contributed by atoms with van der Waals surface area (Å²) < 4.78 is 17.5. The number of halogens is 1. The molecule has 1 amide bonds. The number of thiophene rings is 1. The van der Waals surface area contributed by atoms with Gasteiger partial charge in [-0.3, -0.25) is 0 Å². The van der Waals surface area contributed by atoms with Crippen LogP contribution in [-0.2, 0) is 9.47 Å². The van der Waals surface area contributed by atoms with Gasteiger partial charge in [0.2, 0.25) is 0 Å². The molecule has 8 nitrogen and oxygen atoms in total. The average Bonchev–Trinajstić information content (AvgIpc) is 3.44. The normalized spacial score (nSPS) is 16.1. The van der Waals surface area contributed by atoms with Crippen molar-refractivity contribution < 1.29 is 19.0 Å². The van der Waals surface area contributed by atoms with Crippen LogP contribution in [0.25, 0.3) is 21.3 Å². The first-order valence-electron chi connectivity index (χ1n) is 11.1. The number of carbonyl (C=O) groups is 1. The molecule has 34 heavy (non-hydrogen) atoms. The minimum absolute atomic E-state index is 0.0708. The topological polar surface area (TPSA) is 85.8 Å². The summed E-state index contributed by atoms with van der Waals surface area (Å²) in [6.45, 7) is 7.68. The SMILES string of the molecule is COCCOc1cc(Cl)ccc1-c1nnc(N[C@H]2CCN(C(=O)OC(C)(C)C)C2)c2sccc12. The number of nitrogens with one attached hydrogen (secondary N) is 1. The van der Waals surface area contributed by atoms with E-state index < -0.39 is 5.60 Å². The molecular formula is C24H29ClN4O4S. The highest BCUT2D eigenvalue weighted by molar-refractivity contribution is 7.17. The minimum atomic E-state index is -0.513. The smallest absolute Gasteiger partial charge is 0.410 e. The van der Waals surface area contributed by atoms with Crippen LogP contribution in [0.15, 0.2) is 29.6 Å². The van der Waals surface area contributed by atoms with Crippen LogP contribution in [0, 0.1) is 0 Å².